The highest BCUT2D eigenvalue weighted by Gasteiger charge is 2.20. The van der Waals surface area contributed by atoms with Gasteiger partial charge in [0.05, 0.1) is 30.0 Å². The maximum Gasteiger partial charge on any atom is 0.262 e. The largest absolute Gasteiger partial charge is 0.490 e. The van der Waals surface area contributed by atoms with Gasteiger partial charge in [-0.25, -0.2) is 13.4 Å². The van der Waals surface area contributed by atoms with Crippen LogP contribution in [0.4, 0.5) is 17.2 Å². The number of carbonyl (C=O) groups excluding carboxylic acids is 1. The number of aromatic nitrogens is 1. The molecule has 1 fully saturated rings. The molecule has 1 amide bonds. The summed E-state index contributed by atoms with van der Waals surface area (Å²) in [6.07, 6.45) is 4.68. The average molecular weight is 495 g/mol. The van der Waals surface area contributed by atoms with Gasteiger partial charge in [0.15, 0.2) is 11.5 Å². The van der Waals surface area contributed by atoms with Crippen LogP contribution in [0.15, 0.2) is 65.7 Å². The van der Waals surface area contributed by atoms with Crippen molar-refractivity contribution in [3.05, 3.63) is 66.4 Å². The van der Waals surface area contributed by atoms with Gasteiger partial charge in [-0.1, -0.05) is 6.07 Å². The number of rotatable bonds is 6. The minimum Gasteiger partial charge on any atom is -0.490 e. The van der Waals surface area contributed by atoms with Crippen molar-refractivity contribution in [2.45, 2.75) is 24.2 Å². The molecule has 182 valence electrons. The lowest BCUT2D eigenvalue weighted by Crippen LogP contribution is -2.19. The van der Waals surface area contributed by atoms with E-state index in [4.69, 9.17) is 9.47 Å². The number of carbonyl (C=O) groups is 1. The molecule has 0 radical (unpaired) electrons. The molecule has 9 nitrogen and oxygen atoms in total. The monoisotopic (exact) mass is 494 g/mol. The van der Waals surface area contributed by atoms with Crippen LogP contribution >= 0.6 is 0 Å². The third-order valence-corrected chi connectivity index (χ3v) is 7.22. The van der Waals surface area contributed by atoms with E-state index in [2.05, 4.69) is 19.9 Å². The fraction of sp³-hybridized carbons (Fsp3) is 0.280. The van der Waals surface area contributed by atoms with E-state index in [0.29, 0.717) is 36.0 Å². The van der Waals surface area contributed by atoms with Crippen LogP contribution in [-0.4, -0.2) is 45.6 Å². The third kappa shape index (κ3) is 5.32. The summed E-state index contributed by atoms with van der Waals surface area (Å²) < 4.78 is 39.6. The van der Waals surface area contributed by atoms with Crippen molar-refractivity contribution in [1.29, 1.82) is 0 Å². The first-order valence-electron chi connectivity index (χ1n) is 11.5. The molecule has 0 bridgehead atoms. The van der Waals surface area contributed by atoms with Crippen molar-refractivity contribution in [2.75, 3.05) is 41.2 Å². The number of nitrogens with one attached hydrogen (secondary N) is 2. The van der Waals surface area contributed by atoms with Crippen LogP contribution in [0.1, 0.15) is 29.6 Å². The first-order valence-corrected chi connectivity index (χ1v) is 13.0. The molecule has 2 aliphatic heterocycles. The van der Waals surface area contributed by atoms with E-state index in [1.807, 2.05) is 12.1 Å². The summed E-state index contributed by atoms with van der Waals surface area (Å²) in [6, 6.07) is 14.5. The molecule has 2 aliphatic rings. The van der Waals surface area contributed by atoms with Crippen LogP contribution in [0.25, 0.3) is 0 Å². The number of amides is 1. The molecule has 10 heteroatoms. The van der Waals surface area contributed by atoms with E-state index >= 15 is 0 Å². The Bertz CT molecular complexity index is 1320. The zero-order valence-electron chi connectivity index (χ0n) is 19.1. The molecule has 35 heavy (non-hydrogen) atoms. The highest BCUT2D eigenvalue weighted by molar-refractivity contribution is 7.92. The topological polar surface area (TPSA) is 110 Å². The van der Waals surface area contributed by atoms with Gasteiger partial charge < -0.3 is 19.7 Å². The summed E-state index contributed by atoms with van der Waals surface area (Å²) in [4.78, 5) is 19.5. The predicted octanol–water partition coefficient (Wildman–Crippen LogP) is 3.90. The second-order valence-electron chi connectivity index (χ2n) is 8.40. The number of hydrogen-bond donors (Lipinski definition) is 2. The lowest BCUT2D eigenvalue weighted by Gasteiger charge is -2.16. The molecule has 3 heterocycles. The first kappa shape index (κ1) is 23.0. The average Bonchev–Trinajstić information content (AvgIpc) is 3.29. The zero-order chi connectivity index (χ0) is 24.3. The van der Waals surface area contributed by atoms with Crippen LogP contribution in [0.2, 0.25) is 0 Å². The van der Waals surface area contributed by atoms with E-state index in [-0.39, 0.29) is 16.5 Å². The summed E-state index contributed by atoms with van der Waals surface area (Å²) in [6.45, 7) is 2.96. The zero-order valence-corrected chi connectivity index (χ0v) is 19.9. The van der Waals surface area contributed by atoms with Crippen LogP contribution in [0.3, 0.4) is 0 Å². The molecule has 2 N–H and O–H groups in total. The number of ether oxygens (including phenoxy) is 2. The molecule has 5 rings (SSSR count). The fourth-order valence-corrected chi connectivity index (χ4v) is 5.11. The van der Waals surface area contributed by atoms with Gasteiger partial charge in [0.2, 0.25) is 0 Å². The highest BCUT2D eigenvalue weighted by atomic mass is 32.2. The smallest absolute Gasteiger partial charge is 0.262 e. The second kappa shape index (κ2) is 9.83. The lowest BCUT2D eigenvalue weighted by atomic mass is 10.2. The summed E-state index contributed by atoms with van der Waals surface area (Å²) in [7, 11) is -3.90. The summed E-state index contributed by atoms with van der Waals surface area (Å²) in [5.74, 6) is 1.44. The number of nitrogens with zero attached hydrogens (tertiary/aromatic N) is 2. The SMILES string of the molecule is O=C(Nc1ccc(N2CCCC2)nc1)c1cccc(NS(=O)(=O)c2ccc3c(c2)OCCCO3)c1. The molecule has 3 aromatic rings. The molecular formula is C25H26N4O5S. The third-order valence-electron chi connectivity index (χ3n) is 5.84. The van der Waals surface area contributed by atoms with E-state index in [9.17, 15) is 13.2 Å². The molecule has 0 unspecified atom stereocenters. The van der Waals surface area contributed by atoms with Gasteiger partial charge >= 0.3 is 0 Å². The number of benzene rings is 2. The van der Waals surface area contributed by atoms with Crippen molar-refractivity contribution in [3.63, 3.8) is 0 Å². The van der Waals surface area contributed by atoms with Crippen molar-refractivity contribution in [1.82, 2.24) is 4.98 Å². The molecule has 1 aromatic heterocycles. The maximum atomic E-state index is 13.0. The van der Waals surface area contributed by atoms with E-state index in [1.54, 1.807) is 30.5 Å². The molecule has 0 saturated carbocycles. The normalized spacial score (nSPS) is 15.4. The molecule has 1 saturated heterocycles. The fourth-order valence-electron chi connectivity index (χ4n) is 4.05. The molecule has 2 aromatic carbocycles. The Balaban J connectivity index is 1.28. The van der Waals surface area contributed by atoms with Crippen molar-refractivity contribution < 1.29 is 22.7 Å². The minimum absolute atomic E-state index is 0.0424. The number of sulfonamides is 1. The van der Waals surface area contributed by atoms with Crippen molar-refractivity contribution >= 4 is 33.1 Å². The van der Waals surface area contributed by atoms with Crippen LogP contribution in [0, 0.1) is 0 Å². The van der Waals surface area contributed by atoms with Crippen molar-refractivity contribution in [2.24, 2.45) is 0 Å². The second-order valence-corrected chi connectivity index (χ2v) is 10.1. The van der Waals surface area contributed by atoms with E-state index in [0.717, 1.165) is 38.2 Å². The van der Waals surface area contributed by atoms with Crippen LogP contribution in [-0.2, 0) is 10.0 Å². The summed E-state index contributed by atoms with van der Waals surface area (Å²) >= 11 is 0. The van der Waals surface area contributed by atoms with Gasteiger partial charge in [-0.2, -0.15) is 0 Å². The van der Waals surface area contributed by atoms with Gasteiger partial charge in [-0.15, -0.1) is 0 Å². The summed E-state index contributed by atoms with van der Waals surface area (Å²) in [5.41, 5.74) is 1.15. The van der Waals surface area contributed by atoms with Crippen molar-refractivity contribution in [3.8, 4) is 11.5 Å². The standard InChI is InChI=1S/C25H26N4O5S/c30-25(27-20-7-10-24(26-17-20)29-11-1-2-12-29)18-5-3-6-19(15-18)28-35(31,32)21-8-9-22-23(16-21)34-14-4-13-33-22/h3,5-10,15-17,28H,1-2,4,11-14H2,(H,27,30). The molecular weight excluding hydrogens is 468 g/mol. The van der Waals surface area contributed by atoms with Gasteiger partial charge in [0.25, 0.3) is 15.9 Å². The lowest BCUT2D eigenvalue weighted by molar-refractivity contribution is 0.102. The molecule has 0 atom stereocenters. The Kier molecular flexibility index (Phi) is 6.45. The Hall–Kier alpha value is -3.79. The first-order chi connectivity index (χ1) is 17.0. The van der Waals surface area contributed by atoms with Crippen LogP contribution < -0.4 is 24.4 Å². The Morgan fingerprint density at radius 2 is 1.69 bits per heavy atom. The van der Waals surface area contributed by atoms with Gasteiger partial charge in [-0.3, -0.25) is 9.52 Å². The predicted molar refractivity (Wildman–Crippen MR) is 133 cm³/mol. The minimum atomic E-state index is -3.90. The van der Waals surface area contributed by atoms with Crippen LogP contribution in [0.5, 0.6) is 11.5 Å². The molecule has 0 spiro atoms. The highest BCUT2D eigenvalue weighted by Crippen LogP contribution is 2.32. The maximum absolute atomic E-state index is 13.0. The summed E-state index contributed by atoms with van der Waals surface area (Å²) in [5, 5.41) is 2.81. The Morgan fingerprint density at radius 3 is 2.46 bits per heavy atom. The molecule has 0 aliphatic carbocycles. The quantitative estimate of drug-likeness (QED) is 0.535. The van der Waals surface area contributed by atoms with Gasteiger partial charge in [0, 0.05) is 36.8 Å². The van der Waals surface area contributed by atoms with Gasteiger partial charge in [0.1, 0.15) is 5.82 Å². The number of pyridine rings is 1. The van der Waals surface area contributed by atoms with E-state index in [1.165, 1.54) is 18.2 Å². The Morgan fingerprint density at radius 1 is 0.886 bits per heavy atom. The number of fused-ring (bicyclic) bond motifs is 1. The van der Waals surface area contributed by atoms with E-state index < -0.39 is 10.0 Å². The number of anilines is 3. The number of hydrogen-bond acceptors (Lipinski definition) is 7. The van der Waals surface area contributed by atoms with Gasteiger partial charge in [-0.05, 0) is 55.3 Å². The Labute approximate surface area is 204 Å².